The van der Waals surface area contributed by atoms with Crippen LogP contribution in [0.4, 0.5) is 0 Å². The monoisotopic (exact) mass is 488 g/mol. The smallest absolute Gasteiger partial charge is 0.224 e. The van der Waals surface area contributed by atoms with Gasteiger partial charge < -0.3 is 14.8 Å². The Morgan fingerprint density at radius 1 is 1.03 bits per heavy atom. The summed E-state index contributed by atoms with van der Waals surface area (Å²) in [4.78, 5) is 12.8. The van der Waals surface area contributed by atoms with Crippen molar-refractivity contribution in [3.05, 3.63) is 59.7 Å². The van der Waals surface area contributed by atoms with E-state index in [0.717, 1.165) is 17.5 Å². The fourth-order valence-electron chi connectivity index (χ4n) is 4.18. The van der Waals surface area contributed by atoms with Gasteiger partial charge in [0.25, 0.3) is 0 Å². The molecule has 34 heavy (non-hydrogen) atoms. The van der Waals surface area contributed by atoms with Gasteiger partial charge in [-0.25, -0.2) is 12.7 Å². The molecule has 0 spiro atoms. The standard InChI is InChI=1S/C26H36N2O5S/c1-3-32-24-15-14-22(18-25(24)33-4-2)19-27-26(29)23-13-8-16-28(20-23)34(30,31)17-9-12-21-10-6-5-7-11-21/h5-7,10-11,14-15,18,23H,3-4,8-9,12-13,16-17,19-20H2,1-2H3,(H,27,29)/t23-/m1/s1. The Labute approximate surface area is 203 Å². The van der Waals surface area contributed by atoms with Crippen LogP contribution in [-0.2, 0) is 27.8 Å². The van der Waals surface area contributed by atoms with Crippen LogP contribution in [0.1, 0.15) is 44.2 Å². The van der Waals surface area contributed by atoms with Crippen LogP contribution < -0.4 is 14.8 Å². The molecule has 186 valence electrons. The molecule has 1 fully saturated rings. The molecule has 7 nitrogen and oxygen atoms in total. The molecular weight excluding hydrogens is 452 g/mol. The van der Waals surface area contributed by atoms with Crippen molar-refractivity contribution in [1.82, 2.24) is 9.62 Å². The van der Waals surface area contributed by atoms with Crippen molar-refractivity contribution < 1.29 is 22.7 Å². The molecule has 1 amide bonds. The van der Waals surface area contributed by atoms with E-state index >= 15 is 0 Å². The molecule has 0 radical (unpaired) electrons. The minimum absolute atomic E-state index is 0.0998. The van der Waals surface area contributed by atoms with Gasteiger partial charge in [0, 0.05) is 19.6 Å². The normalized spacial score (nSPS) is 16.7. The van der Waals surface area contributed by atoms with Gasteiger partial charge in [0.1, 0.15) is 0 Å². The second-order valence-corrected chi connectivity index (χ2v) is 10.6. The number of nitrogens with one attached hydrogen (secondary N) is 1. The largest absolute Gasteiger partial charge is 0.490 e. The van der Waals surface area contributed by atoms with Gasteiger partial charge in [0.05, 0.1) is 24.9 Å². The van der Waals surface area contributed by atoms with Crippen molar-refractivity contribution in [2.45, 2.75) is 46.1 Å². The van der Waals surface area contributed by atoms with E-state index in [-0.39, 0.29) is 24.1 Å². The highest BCUT2D eigenvalue weighted by Gasteiger charge is 2.32. The number of benzene rings is 2. The number of amides is 1. The SMILES string of the molecule is CCOc1ccc(CNC(=O)[C@@H]2CCCN(S(=O)(=O)CCCc3ccccc3)C2)cc1OCC. The molecule has 3 rings (SSSR count). The first-order chi connectivity index (χ1) is 16.4. The number of aryl methyl sites for hydroxylation is 1. The second-order valence-electron chi connectivity index (χ2n) is 8.47. The van der Waals surface area contributed by atoms with Crippen molar-refractivity contribution in [3.8, 4) is 11.5 Å². The van der Waals surface area contributed by atoms with E-state index in [2.05, 4.69) is 5.32 Å². The maximum Gasteiger partial charge on any atom is 0.224 e. The number of carbonyl (C=O) groups excluding carboxylic acids is 1. The van der Waals surface area contributed by atoms with Crippen molar-refractivity contribution in [2.75, 3.05) is 32.1 Å². The Hall–Kier alpha value is -2.58. The summed E-state index contributed by atoms with van der Waals surface area (Å²) in [6, 6.07) is 15.5. The Bertz CT molecular complexity index is 1030. The second kappa shape index (κ2) is 12.8. The van der Waals surface area contributed by atoms with Crippen LogP contribution in [-0.4, -0.2) is 50.7 Å². The van der Waals surface area contributed by atoms with E-state index in [4.69, 9.17) is 9.47 Å². The quantitative estimate of drug-likeness (QED) is 0.492. The lowest BCUT2D eigenvalue weighted by atomic mass is 9.98. The maximum absolute atomic E-state index is 12.9. The van der Waals surface area contributed by atoms with E-state index in [9.17, 15) is 13.2 Å². The highest BCUT2D eigenvalue weighted by molar-refractivity contribution is 7.89. The van der Waals surface area contributed by atoms with Gasteiger partial charge in [-0.1, -0.05) is 36.4 Å². The first-order valence-electron chi connectivity index (χ1n) is 12.1. The van der Waals surface area contributed by atoms with Gasteiger partial charge in [0.2, 0.25) is 15.9 Å². The molecule has 2 aromatic carbocycles. The van der Waals surface area contributed by atoms with Gasteiger partial charge in [-0.05, 0) is 62.8 Å². The molecule has 1 aliphatic rings. The number of nitrogens with zero attached hydrogens (tertiary/aromatic N) is 1. The maximum atomic E-state index is 12.9. The fraction of sp³-hybridized carbons (Fsp3) is 0.500. The number of carbonyl (C=O) groups is 1. The van der Waals surface area contributed by atoms with Gasteiger partial charge in [0.15, 0.2) is 11.5 Å². The molecule has 1 saturated heterocycles. The Balaban J connectivity index is 1.52. The van der Waals surface area contributed by atoms with Crippen LogP contribution in [0.5, 0.6) is 11.5 Å². The van der Waals surface area contributed by atoms with Crippen LogP contribution in [0, 0.1) is 5.92 Å². The van der Waals surface area contributed by atoms with Crippen molar-refractivity contribution in [1.29, 1.82) is 0 Å². The number of sulfonamides is 1. The van der Waals surface area contributed by atoms with Crippen LogP contribution in [0.15, 0.2) is 48.5 Å². The Morgan fingerprint density at radius 3 is 2.50 bits per heavy atom. The lowest BCUT2D eigenvalue weighted by Gasteiger charge is -2.31. The first kappa shape index (κ1) is 26.0. The van der Waals surface area contributed by atoms with Gasteiger partial charge >= 0.3 is 0 Å². The number of hydrogen-bond acceptors (Lipinski definition) is 5. The van der Waals surface area contributed by atoms with E-state index in [0.29, 0.717) is 57.1 Å². The molecule has 1 heterocycles. The van der Waals surface area contributed by atoms with Gasteiger partial charge in [-0.15, -0.1) is 0 Å². The third-order valence-electron chi connectivity index (χ3n) is 5.93. The summed E-state index contributed by atoms with van der Waals surface area (Å²) in [7, 11) is -3.39. The zero-order valence-corrected chi connectivity index (χ0v) is 21.0. The third-order valence-corrected chi connectivity index (χ3v) is 7.86. The number of hydrogen-bond donors (Lipinski definition) is 1. The lowest BCUT2D eigenvalue weighted by Crippen LogP contribution is -2.46. The number of ether oxygens (including phenoxy) is 2. The topological polar surface area (TPSA) is 84.9 Å². The highest BCUT2D eigenvalue weighted by atomic mass is 32.2. The van der Waals surface area contributed by atoms with Gasteiger partial charge in [-0.2, -0.15) is 0 Å². The van der Waals surface area contributed by atoms with Crippen molar-refractivity contribution in [3.63, 3.8) is 0 Å². The number of rotatable bonds is 12. The van der Waals surface area contributed by atoms with Crippen LogP contribution in [0.3, 0.4) is 0 Å². The minimum Gasteiger partial charge on any atom is -0.490 e. The first-order valence-corrected chi connectivity index (χ1v) is 13.7. The molecule has 1 aliphatic heterocycles. The predicted molar refractivity (Wildman–Crippen MR) is 133 cm³/mol. The summed E-state index contributed by atoms with van der Waals surface area (Å²) < 4.78 is 38.5. The molecule has 0 bridgehead atoms. The molecule has 0 saturated carbocycles. The summed E-state index contributed by atoms with van der Waals surface area (Å²) in [6.07, 6.45) is 2.67. The zero-order valence-electron chi connectivity index (χ0n) is 20.2. The number of piperidine rings is 1. The Morgan fingerprint density at radius 2 is 1.76 bits per heavy atom. The van der Waals surface area contributed by atoms with Gasteiger partial charge in [-0.3, -0.25) is 4.79 Å². The van der Waals surface area contributed by atoms with Crippen LogP contribution >= 0.6 is 0 Å². The average Bonchev–Trinajstić information content (AvgIpc) is 2.85. The molecule has 1 N–H and O–H groups in total. The summed E-state index contributed by atoms with van der Waals surface area (Å²) >= 11 is 0. The minimum atomic E-state index is -3.39. The Kier molecular flexibility index (Phi) is 9.77. The van der Waals surface area contributed by atoms with Crippen LogP contribution in [0.2, 0.25) is 0 Å². The molecule has 0 aromatic heterocycles. The molecule has 1 atom stereocenters. The highest BCUT2D eigenvalue weighted by Crippen LogP contribution is 2.28. The molecule has 0 aliphatic carbocycles. The summed E-state index contributed by atoms with van der Waals surface area (Å²) in [5.74, 6) is 0.979. The average molecular weight is 489 g/mol. The van der Waals surface area contributed by atoms with Crippen molar-refractivity contribution in [2.24, 2.45) is 5.92 Å². The summed E-state index contributed by atoms with van der Waals surface area (Å²) in [5, 5.41) is 2.97. The van der Waals surface area contributed by atoms with E-state index in [1.807, 2.05) is 62.4 Å². The fourth-order valence-corrected chi connectivity index (χ4v) is 5.76. The zero-order chi connectivity index (χ0) is 24.4. The third kappa shape index (κ3) is 7.46. The molecule has 2 aromatic rings. The molecule has 0 unspecified atom stereocenters. The lowest BCUT2D eigenvalue weighted by molar-refractivity contribution is -0.126. The van der Waals surface area contributed by atoms with E-state index in [1.54, 1.807) is 0 Å². The van der Waals surface area contributed by atoms with E-state index < -0.39 is 10.0 Å². The van der Waals surface area contributed by atoms with Crippen molar-refractivity contribution >= 4 is 15.9 Å². The van der Waals surface area contributed by atoms with E-state index in [1.165, 1.54) is 4.31 Å². The summed E-state index contributed by atoms with van der Waals surface area (Å²) in [6.45, 7) is 5.97. The predicted octanol–water partition coefficient (Wildman–Crippen LogP) is 3.77. The molecular formula is C26H36N2O5S. The summed E-state index contributed by atoms with van der Waals surface area (Å²) in [5.41, 5.74) is 2.04. The van der Waals surface area contributed by atoms with Crippen LogP contribution in [0.25, 0.3) is 0 Å². The molecule has 8 heteroatoms.